The van der Waals surface area contributed by atoms with Crippen molar-refractivity contribution < 1.29 is 4.42 Å². The minimum Gasteiger partial charge on any atom is -0.455 e. The molecule has 0 spiro atoms. The first-order valence-corrected chi connectivity index (χ1v) is 11.5. The fourth-order valence-corrected chi connectivity index (χ4v) is 5.60. The first-order chi connectivity index (χ1) is 16.1. The Morgan fingerprint density at radius 1 is 0.667 bits per heavy atom. The van der Waals surface area contributed by atoms with Gasteiger partial charge in [0.2, 0.25) is 0 Å². The number of hydrogen-bond acceptors (Lipinski definition) is 2. The average molecular weight is 426 g/mol. The summed E-state index contributed by atoms with van der Waals surface area (Å²) in [4.78, 5) is 0. The first-order valence-electron chi connectivity index (χ1n) is 11.5. The summed E-state index contributed by atoms with van der Waals surface area (Å²) in [5.41, 5.74) is 9.43. The molecule has 0 saturated carbocycles. The Hall–Kier alpha value is -4.04. The van der Waals surface area contributed by atoms with Crippen LogP contribution in [-0.2, 0) is 5.41 Å². The van der Waals surface area contributed by atoms with Crippen LogP contribution in [0.25, 0.3) is 43.8 Å². The summed E-state index contributed by atoms with van der Waals surface area (Å²) in [5, 5.41) is 8.31. The molecule has 7 rings (SSSR count). The lowest BCUT2D eigenvalue weighted by molar-refractivity contribution is 0.660. The van der Waals surface area contributed by atoms with Crippen molar-refractivity contribution in [1.29, 1.82) is 0 Å². The smallest absolute Gasteiger partial charge is 0.143 e. The third kappa shape index (κ3) is 2.55. The number of nitrogens with one attached hydrogen (secondary N) is 1. The molecule has 5 aromatic carbocycles. The van der Waals surface area contributed by atoms with Gasteiger partial charge in [-0.1, -0.05) is 80.6 Å². The van der Waals surface area contributed by atoms with Crippen LogP contribution in [0.2, 0.25) is 0 Å². The van der Waals surface area contributed by atoms with Crippen molar-refractivity contribution in [3.63, 3.8) is 0 Å². The maximum Gasteiger partial charge on any atom is 0.143 e. The van der Waals surface area contributed by atoms with E-state index >= 15 is 0 Å². The third-order valence-corrected chi connectivity index (χ3v) is 7.25. The van der Waals surface area contributed by atoms with E-state index in [0.29, 0.717) is 0 Å². The lowest BCUT2D eigenvalue weighted by Crippen LogP contribution is -2.15. The van der Waals surface area contributed by atoms with E-state index in [0.717, 1.165) is 38.7 Å². The molecular weight excluding hydrogens is 402 g/mol. The molecule has 1 aliphatic rings. The van der Waals surface area contributed by atoms with Gasteiger partial charge in [0.25, 0.3) is 0 Å². The van der Waals surface area contributed by atoms with E-state index < -0.39 is 0 Å². The molecule has 0 unspecified atom stereocenters. The Morgan fingerprint density at radius 3 is 2.42 bits per heavy atom. The van der Waals surface area contributed by atoms with Crippen molar-refractivity contribution in [3.05, 3.63) is 108 Å². The number of benzene rings is 5. The molecule has 0 aliphatic heterocycles. The molecule has 1 aliphatic carbocycles. The summed E-state index contributed by atoms with van der Waals surface area (Å²) < 4.78 is 6.35. The number of rotatable bonds is 2. The van der Waals surface area contributed by atoms with E-state index in [2.05, 4.69) is 116 Å². The van der Waals surface area contributed by atoms with Crippen molar-refractivity contribution in [2.75, 3.05) is 5.32 Å². The normalized spacial score (nSPS) is 14.0. The minimum absolute atomic E-state index is 0.0170. The molecule has 6 aromatic rings. The fourth-order valence-electron chi connectivity index (χ4n) is 5.60. The van der Waals surface area contributed by atoms with Gasteiger partial charge in [-0.05, 0) is 58.0 Å². The predicted octanol–water partition coefficient (Wildman–Crippen LogP) is 8.79. The molecule has 33 heavy (non-hydrogen) atoms. The molecule has 158 valence electrons. The van der Waals surface area contributed by atoms with Crippen molar-refractivity contribution in [3.8, 4) is 11.1 Å². The Labute approximate surface area is 192 Å². The van der Waals surface area contributed by atoms with Crippen molar-refractivity contribution in [2.24, 2.45) is 0 Å². The fraction of sp³-hybridized carbons (Fsp3) is 0.0968. The van der Waals surface area contributed by atoms with Crippen LogP contribution in [0, 0.1) is 0 Å². The van der Waals surface area contributed by atoms with Gasteiger partial charge >= 0.3 is 0 Å². The lowest BCUT2D eigenvalue weighted by Gasteiger charge is -2.22. The van der Waals surface area contributed by atoms with Crippen LogP contribution in [0.4, 0.5) is 11.4 Å². The van der Waals surface area contributed by atoms with Crippen LogP contribution >= 0.6 is 0 Å². The van der Waals surface area contributed by atoms with Crippen LogP contribution in [0.5, 0.6) is 0 Å². The van der Waals surface area contributed by atoms with E-state index in [9.17, 15) is 0 Å². The Balaban J connectivity index is 1.38. The van der Waals surface area contributed by atoms with E-state index in [1.165, 1.54) is 27.6 Å². The monoisotopic (exact) mass is 425 g/mol. The van der Waals surface area contributed by atoms with Gasteiger partial charge in [-0.25, -0.2) is 0 Å². The van der Waals surface area contributed by atoms with E-state index in [4.69, 9.17) is 4.42 Å². The summed E-state index contributed by atoms with van der Waals surface area (Å²) in [6.07, 6.45) is 0. The Kier molecular flexibility index (Phi) is 3.64. The summed E-state index contributed by atoms with van der Waals surface area (Å²) in [6.45, 7) is 4.63. The molecule has 0 radical (unpaired) electrons. The van der Waals surface area contributed by atoms with Crippen LogP contribution in [0.1, 0.15) is 25.0 Å². The van der Waals surface area contributed by atoms with Gasteiger partial charge < -0.3 is 9.73 Å². The number of hydrogen-bond donors (Lipinski definition) is 1. The maximum atomic E-state index is 6.35. The van der Waals surface area contributed by atoms with E-state index in [1.54, 1.807) is 0 Å². The number of furan rings is 1. The molecule has 0 atom stereocenters. The topological polar surface area (TPSA) is 25.2 Å². The highest BCUT2D eigenvalue weighted by Crippen LogP contribution is 2.49. The molecule has 0 saturated heterocycles. The van der Waals surface area contributed by atoms with Crippen LogP contribution in [0.3, 0.4) is 0 Å². The molecule has 0 bridgehead atoms. The van der Waals surface area contributed by atoms with Gasteiger partial charge in [-0.3, -0.25) is 0 Å². The first kappa shape index (κ1) is 18.5. The van der Waals surface area contributed by atoms with Gasteiger partial charge in [-0.15, -0.1) is 0 Å². The van der Waals surface area contributed by atoms with Gasteiger partial charge in [0.05, 0.1) is 11.1 Å². The maximum absolute atomic E-state index is 6.35. The highest BCUT2D eigenvalue weighted by atomic mass is 16.3. The molecule has 2 heteroatoms. The average Bonchev–Trinajstić information content (AvgIpc) is 3.34. The second kappa shape index (κ2) is 6.49. The summed E-state index contributed by atoms with van der Waals surface area (Å²) >= 11 is 0. The van der Waals surface area contributed by atoms with Crippen molar-refractivity contribution in [1.82, 2.24) is 0 Å². The third-order valence-electron chi connectivity index (χ3n) is 7.25. The summed E-state index contributed by atoms with van der Waals surface area (Å²) in [5.74, 6) is 0. The molecule has 1 heterocycles. The molecule has 1 aromatic heterocycles. The number of anilines is 2. The lowest BCUT2D eigenvalue weighted by atomic mass is 9.82. The van der Waals surface area contributed by atoms with E-state index in [-0.39, 0.29) is 5.41 Å². The molecule has 2 nitrogen and oxygen atoms in total. The molecular formula is C31H23NO. The van der Waals surface area contributed by atoms with Crippen LogP contribution in [0.15, 0.2) is 101 Å². The van der Waals surface area contributed by atoms with Gasteiger partial charge in [0, 0.05) is 21.9 Å². The zero-order valence-corrected chi connectivity index (χ0v) is 18.6. The zero-order valence-electron chi connectivity index (χ0n) is 18.6. The summed E-state index contributed by atoms with van der Waals surface area (Å²) in [7, 11) is 0. The van der Waals surface area contributed by atoms with Gasteiger partial charge in [0.1, 0.15) is 11.2 Å². The van der Waals surface area contributed by atoms with Gasteiger partial charge in [0.15, 0.2) is 0 Å². The second-order valence-electron chi connectivity index (χ2n) is 9.50. The standard InChI is InChI=1S/C31H23NO/c1-31(2)25-11-6-5-10-22(25)23-17-15-20(18-26(23)31)32-27-12-7-13-28-29(27)24-16-14-19-8-3-4-9-21(19)30(24)33-28/h3-18,32H,1-2H3. The van der Waals surface area contributed by atoms with Crippen molar-refractivity contribution in [2.45, 2.75) is 19.3 Å². The largest absolute Gasteiger partial charge is 0.455 e. The molecule has 1 N–H and O–H groups in total. The molecule has 0 amide bonds. The minimum atomic E-state index is -0.0170. The van der Waals surface area contributed by atoms with Crippen LogP contribution in [-0.4, -0.2) is 0 Å². The van der Waals surface area contributed by atoms with Gasteiger partial charge in [-0.2, -0.15) is 0 Å². The van der Waals surface area contributed by atoms with Crippen molar-refractivity contribution >= 4 is 44.1 Å². The SMILES string of the molecule is CC1(C)c2ccccc2-c2ccc(Nc3cccc4oc5c6ccccc6ccc5c34)cc21. The Bertz CT molecular complexity index is 1720. The predicted molar refractivity (Wildman–Crippen MR) is 139 cm³/mol. The second-order valence-corrected chi connectivity index (χ2v) is 9.50. The quantitative estimate of drug-likeness (QED) is 0.300. The number of fused-ring (bicyclic) bond motifs is 8. The molecule has 0 fully saturated rings. The zero-order chi connectivity index (χ0) is 22.2. The van der Waals surface area contributed by atoms with E-state index in [1.807, 2.05) is 0 Å². The summed E-state index contributed by atoms with van der Waals surface area (Å²) in [6, 6.07) is 34.5. The van der Waals surface area contributed by atoms with Crippen LogP contribution < -0.4 is 5.32 Å². The highest BCUT2D eigenvalue weighted by molar-refractivity contribution is 6.18. The highest BCUT2D eigenvalue weighted by Gasteiger charge is 2.35. The Morgan fingerprint density at radius 2 is 1.48 bits per heavy atom.